The Morgan fingerprint density at radius 3 is 3.05 bits per heavy atom. The van der Waals surface area contributed by atoms with Crippen LogP contribution in [0.2, 0.25) is 0 Å². The number of anilines is 1. The molecule has 1 aliphatic heterocycles. The molecular weight excluding hydrogens is 268 g/mol. The molecule has 108 valence electrons. The van der Waals surface area contributed by atoms with Gasteiger partial charge in [-0.1, -0.05) is 18.2 Å². The summed E-state index contributed by atoms with van der Waals surface area (Å²) in [6, 6.07) is 9.31. The molecule has 1 amide bonds. The van der Waals surface area contributed by atoms with Crippen molar-refractivity contribution in [3.63, 3.8) is 0 Å². The first-order valence-corrected chi connectivity index (χ1v) is 6.73. The molecule has 3 rings (SSSR count). The zero-order valence-corrected chi connectivity index (χ0v) is 11.4. The number of carbonyl (C=O) groups is 1. The average Bonchev–Trinajstić information content (AvgIpc) is 2.55. The van der Waals surface area contributed by atoms with Crippen LogP contribution in [-0.2, 0) is 0 Å². The first kappa shape index (κ1) is 13.4. The Kier molecular flexibility index (Phi) is 3.70. The van der Waals surface area contributed by atoms with Gasteiger partial charge in [-0.25, -0.2) is 0 Å². The van der Waals surface area contributed by atoms with E-state index in [1.807, 2.05) is 24.3 Å². The Hall–Kier alpha value is -2.60. The van der Waals surface area contributed by atoms with Crippen LogP contribution >= 0.6 is 0 Å². The van der Waals surface area contributed by atoms with E-state index in [1.54, 1.807) is 12.3 Å². The lowest BCUT2D eigenvalue weighted by Gasteiger charge is -2.26. The van der Waals surface area contributed by atoms with E-state index in [2.05, 4.69) is 15.7 Å². The zero-order chi connectivity index (χ0) is 14.7. The molecule has 6 nitrogen and oxygen atoms in total. The number of aromatic nitrogens is 1. The Balaban J connectivity index is 1.83. The van der Waals surface area contributed by atoms with E-state index in [9.17, 15) is 4.79 Å². The Morgan fingerprint density at radius 1 is 1.33 bits per heavy atom. The van der Waals surface area contributed by atoms with Crippen molar-refractivity contribution in [2.45, 2.75) is 12.5 Å². The second-order valence-corrected chi connectivity index (χ2v) is 4.77. The van der Waals surface area contributed by atoms with Crippen molar-refractivity contribution in [1.29, 1.82) is 0 Å². The summed E-state index contributed by atoms with van der Waals surface area (Å²) in [4.78, 5) is 16.4. The Morgan fingerprint density at radius 2 is 2.19 bits per heavy atom. The van der Waals surface area contributed by atoms with Crippen LogP contribution in [-0.4, -0.2) is 17.5 Å². The van der Waals surface area contributed by atoms with Crippen molar-refractivity contribution in [2.75, 3.05) is 12.0 Å². The summed E-state index contributed by atoms with van der Waals surface area (Å²) in [5.41, 5.74) is 4.46. The Labute approximate surface area is 122 Å². The normalized spacial score (nSPS) is 16.5. The third-order valence-electron chi connectivity index (χ3n) is 3.49. The number of pyridine rings is 1. The van der Waals surface area contributed by atoms with Crippen LogP contribution in [0.1, 0.15) is 28.4 Å². The van der Waals surface area contributed by atoms with Crippen molar-refractivity contribution in [1.82, 2.24) is 10.3 Å². The minimum absolute atomic E-state index is 0.0757. The van der Waals surface area contributed by atoms with Gasteiger partial charge in [-0.15, -0.1) is 0 Å². The third-order valence-corrected chi connectivity index (χ3v) is 3.49. The SMILES string of the molecule is NNc1ccncc1C(=O)NC1CCOc2ccccc21. The van der Waals surface area contributed by atoms with E-state index in [4.69, 9.17) is 10.6 Å². The van der Waals surface area contributed by atoms with E-state index in [1.165, 1.54) is 6.20 Å². The number of benzene rings is 1. The van der Waals surface area contributed by atoms with Crippen LogP contribution in [0.15, 0.2) is 42.7 Å². The maximum Gasteiger partial charge on any atom is 0.255 e. The molecule has 0 radical (unpaired) electrons. The van der Waals surface area contributed by atoms with Crippen molar-refractivity contribution < 1.29 is 9.53 Å². The summed E-state index contributed by atoms with van der Waals surface area (Å²) in [5.74, 6) is 6.03. The third kappa shape index (κ3) is 2.66. The molecule has 1 atom stereocenters. The van der Waals surface area contributed by atoms with Gasteiger partial charge in [0.25, 0.3) is 5.91 Å². The van der Waals surface area contributed by atoms with Gasteiger partial charge in [0.05, 0.1) is 23.9 Å². The van der Waals surface area contributed by atoms with Gasteiger partial charge in [-0.3, -0.25) is 15.6 Å². The van der Waals surface area contributed by atoms with Crippen LogP contribution in [0.25, 0.3) is 0 Å². The monoisotopic (exact) mass is 284 g/mol. The molecule has 1 unspecified atom stereocenters. The van der Waals surface area contributed by atoms with Gasteiger partial charge >= 0.3 is 0 Å². The lowest BCUT2D eigenvalue weighted by atomic mass is 10.00. The van der Waals surface area contributed by atoms with Gasteiger partial charge in [0, 0.05) is 24.4 Å². The molecule has 0 saturated carbocycles. The fraction of sp³-hybridized carbons (Fsp3) is 0.200. The molecule has 0 fully saturated rings. The number of amides is 1. The van der Waals surface area contributed by atoms with Gasteiger partial charge < -0.3 is 15.5 Å². The van der Waals surface area contributed by atoms with Crippen LogP contribution < -0.4 is 21.3 Å². The zero-order valence-electron chi connectivity index (χ0n) is 11.4. The number of rotatable bonds is 3. The fourth-order valence-electron chi connectivity index (χ4n) is 2.43. The number of nitrogens with two attached hydrogens (primary N) is 1. The molecule has 2 heterocycles. The fourth-order valence-corrected chi connectivity index (χ4v) is 2.43. The number of hydrogen-bond acceptors (Lipinski definition) is 5. The predicted molar refractivity (Wildman–Crippen MR) is 78.8 cm³/mol. The number of fused-ring (bicyclic) bond motifs is 1. The van der Waals surface area contributed by atoms with E-state index in [0.717, 1.165) is 17.7 Å². The van der Waals surface area contributed by atoms with Gasteiger partial charge in [0.15, 0.2) is 0 Å². The van der Waals surface area contributed by atoms with Gasteiger partial charge in [0.2, 0.25) is 0 Å². The molecule has 1 aromatic heterocycles. The van der Waals surface area contributed by atoms with Crippen molar-refractivity contribution >= 4 is 11.6 Å². The quantitative estimate of drug-likeness (QED) is 0.588. The first-order chi connectivity index (χ1) is 10.3. The van der Waals surface area contributed by atoms with E-state index < -0.39 is 0 Å². The highest BCUT2D eigenvalue weighted by atomic mass is 16.5. The largest absolute Gasteiger partial charge is 0.493 e. The highest BCUT2D eigenvalue weighted by molar-refractivity contribution is 5.99. The Bertz CT molecular complexity index is 660. The van der Waals surface area contributed by atoms with Crippen molar-refractivity contribution in [3.8, 4) is 5.75 Å². The molecule has 0 saturated heterocycles. The number of nitrogens with one attached hydrogen (secondary N) is 2. The van der Waals surface area contributed by atoms with Crippen LogP contribution in [0, 0.1) is 0 Å². The number of nitrogens with zero attached hydrogens (tertiary/aromatic N) is 1. The van der Waals surface area contributed by atoms with Gasteiger partial charge in [0.1, 0.15) is 5.75 Å². The first-order valence-electron chi connectivity index (χ1n) is 6.73. The molecule has 0 aliphatic carbocycles. The molecule has 1 aromatic carbocycles. The molecule has 21 heavy (non-hydrogen) atoms. The standard InChI is InChI=1S/C15H16N4O2/c16-19-13-5-7-17-9-11(13)15(20)18-12-6-8-21-14-4-2-1-3-10(12)14/h1-5,7,9,12H,6,8,16H2,(H,17,19)(H,18,20). The summed E-state index contributed by atoms with van der Waals surface area (Å²) < 4.78 is 5.59. The maximum atomic E-state index is 12.4. The second kappa shape index (κ2) is 5.80. The lowest BCUT2D eigenvalue weighted by Crippen LogP contribution is -2.32. The number of nitrogen functional groups attached to an aromatic ring is 1. The second-order valence-electron chi connectivity index (χ2n) is 4.77. The maximum absolute atomic E-state index is 12.4. The summed E-state index contributed by atoms with van der Waals surface area (Å²) in [7, 11) is 0. The number of hydrogen-bond donors (Lipinski definition) is 3. The summed E-state index contributed by atoms with van der Waals surface area (Å²) >= 11 is 0. The summed E-state index contributed by atoms with van der Waals surface area (Å²) in [6.45, 7) is 0.580. The van der Waals surface area contributed by atoms with E-state index >= 15 is 0 Å². The highest BCUT2D eigenvalue weighted by Gasteiger charge is 2.23. The minimum Gasteiger partial charge on any atom is -0.493 e. The molecule has 2 aromatic rings. The summed E-state index contributed by atoms with van der Waals surface area (Å²) in [6.07, 6.45) is 3.81. The van der Waals surface area contributed by atoms with E-state index in [0.29, 0.717) is 17.9 Å². The molecule has 4 N–H and O–H groups in total. The lowest BCUT2D eigenvalue weighted by molar-refractivity contribution is 0.0925. The number of para-hydroxylation sites is 1. The smallest absolute Gasteiger partial charge is 0.255 e. The molecule has 6 heteroatoms. The van der Waals surface area contributed by atoms with Gasteiger partial charge in [-0.05, 0) is 12.1 Å². The molecular formula is C15H16N4O2. The van der Waals surface area contributed by atoms with Crippen molar-refractivity contribution in [2.24, 2.45) is 5.84 Å². The molecule has 0 spiro atoms. The van der Waals surface area contributed by atoms with Crippen LogP contribution in [0.4, 0.5) is 5.69 Å². The number of carbonyl (C=O) groups excluding carboxylic acids is 1. The average molecular weight is 284 g/mol. The van der Waals surface area contributed by atoms with Crippen LogP contribution in [0.5, 0.6) is 5.75 Å². The topological polar surface area (TPSA) is 89.3 Å². The van der Waals surface area contributed by atoms with Crippen molar-refractivity contribution in [3.05, 3.63) is 53.9 Å². The van der Waals surface area contributed by atoms with Gasteiger partial charge in [-0.2, -0.15) is 0 Å². The number of hydrazine groups is 1. The predicted octanol–water partition coefficient (Wildman–Crippen LogP) is 1.62. The minimum atomic E-state index is -0.210. The van der Waals surface area contributed by atoms with E-state index in [-0.39, 0.29) is 11.9 Å². The molecule has 1 aliphatic rings. The summed E-state index contributed by atoms with van der Waals surface area (Å²) in [5, 5.41) is 3.01. The number of ether oxygens (including phenoxy) is 1. The van der Waals surface area contributed by atoms with Crippen LogP contribution in [0.3, 0.4) is 0 Å². The highest BCUT2D eigenvalue weighted by Crippen LogP contribution is 2.31. The molecule has 0 bridgehead atoms.